The zero-order valence-corrected chi connectivity index (χ0v) is 10.4. The monoisotopic (exact) mass is 297 g/mol. The average molecular weight is 299 g/mol. The third-order valence-corrected chi connectivity index (χ3v) is 3.87. The van der Waals surface area contributed by atoms with E-state index in [1.54, 1.807) is 11.3 Å². The molecular formula is C7H9Br2NS. The van der Waals surface area contributed by atoms with Gasteiger partial charge in [-0.1, -0.05) is 25.2 Å². The first kappa shape index (κ1) is 9.68. The van der Waals surface area contributed by atoms with E-state index in [1.165, 1.54) is 5.69 Å². The Bertz CT molecular complexity index is 247. The third-order valence-electron chi connectivity index (χ3n) is 1.66. The fraction of sp³-hybridized carbons (Fsp3) is 0.571. The maximum Gasteiger partial charge on any atom is 0.160 e. The molecule has 4 heteroatoms. The van der Waals surface area contributed by atoms with E-state index >= 15 is 0 Å². The molecule has 0 fully saturated rings. The molecule has 0 saturated heterocycles. The molecule has 1 aromatic heterocycles. The highest BCUT2D eigenvalue weighted by molar-refractivity contribution is 9.12. The summed E-state index contributed by atoms with van der Waals surface area (Å²) in [4.78, 5) is 4.37. The van der Waals surface area contributed by atoms with Gasteiger partial charge in [0.15, 0.2) is 3.92 Å². The predicted octanol–water partition coefficient (Wildman–Crippen LogP) is 4.18. The molecule has 0 aliphatic rings. The van der Waals surface area contributed by atoms with Crippen molar-refractivity contribution in [3.8, 4) is 0 Å². The van der Waals surface area contributed by atoms with Crippen LogP contribution in [0, 0.1) is 0 Å². The lowest BCUT2D eigenvalue weighted by Gasteiger charge is -2.03. The van der Waals surface area contributed by atoms with Gasteiger partial charge in [0.2, 0.25) is 0 Å². The van der Waals surface area contributed by atoms with E-state index in [9.17, 15) is 0 Å². The molecule has 1 atom stereocenters. The van der Waals surface area contributed by atoms with Gasteiger partial charge in [-0.2, -0.15) is 0 Å². The number of halogens is 2. The Kier molecular flexibility index (Phi) is 3.52. The van der Waals surface area contributed by atoms with Crippen molar-refractivity contribution in [2.24, 2.45) is 0 Å². The van der Waals surface area contributed by atoms with Crippen LogP contribution in [0.15, 0.2) is 7.70 Å². The zero-order chi connectivity index (χ0) is 8.43. The minimum Gasteiger partial charge on any atom is -0.233 e. The fourth-order valence-corrected chi connectivity index (χ4v) is 3.70. The second kappa shape index (κ2) is 4.01. The van der Waals surface area contributed by atoms with Crippen molar-refractivity contribution in [1.29, 1.82) is 0 Å². The van der Waals surface area contributed by atoms with Gasteiger partial charge in [0.05, 0.1) is 9.48 Å². The molecule has 1 heterocycles. The van der Waals surface area contributed by atoms with Crippen LogP contribution in [0.2, 0.25) is 0 Å². The molecule has 1 aromatic rings. The molecule has 1 rings (SSSR count). The minimum atomic E-state index is 0.548. The number of hydrogen-bond donors (Lipinski definition) is 0. The van der Waals surface area contributed by atoms with Crippen LogP contribution >= 0.6 is 43.2 Å². The van der Waals surface area contributed by atoms with Crippen molar-refractivity contribution in [2.45, 2.75) is 26.2 Å². The van der Waals surface area contributed by atoms with Gasteiger partial charge < -0.3 is 0 Å². The van der Waals surface area contributed by atoms with Crippen LogP contribution < -0.4 is 0 Å². The summed E-state index contributed by atoms with van der Waals surface area (Å²) >= 11 is 8.48. The topological polar surface area (TPSA) is 12.9 Å². The number of hydrogen-bond acceptors (Lipinski definition) is 2. The largest absolute Gasteiger partial charge is 0.233 e. The van der Waals surface area contributed by atoms with Crippen molar-refractivity contribution in [1.82, 2.24) is 4.98 Å². The highest BCUT2D eigenvalue weighted by Gasteiger charge is 2.12. The molecule has 1 nitrogen and oxygen atoms in total. The van der Waals surface area contributed by atoms with E-state index < -0.39 is 0 Å². The van der Waals surface area contributed by atoms with Gasteiger partial charge in [-0.3, -0.25) is 0 Å². The van der Waals surface area contributed by atoms with E-state index in [1.807, 2.05) is 0 Å². The molecule has 0 bridgehead atoms. The maximum absolute atomic E-state index is 4.37. The lowest BCUT2D eigenvalue weighted by molar-refractivity contribution is 0.709. The second-order valence-corrected chi connectivity index (χ2v) is 6.03. The van der Waals surface area contributed by atoms with Gasteiger partial charge in [-0.05, 0) is 38.3 Å². The van der Waals surface area contributed by atoms with Gasteiger partial charge in [0.1, 0.15) is 0 Å². The Morgan fingerprint density at radius 2 is 2.18 bits per heavy atom. The van der Waals surface area contributed by atoms with Crippen molar-refractivity contribution < 1.29 is 0 Å². The predicted molar refractivity (Wildman–Crippen MR) is 56.2 cm³/mol. The third kappa shape index (κ3) is 2.26. The fourth-order valence-electron chi connectivity index (χ4n) is 0.785. The molecule has 0 spiro atoms. The van der Waals surface area contributed by atoms with E-state index in [0.717, 1.165) is 14.1 Å². The Balaban J connectivity index is 2.93. The summed E-state index contributed by atoms with van der Waals surface area (Å²) < 4.78 is 2.11. The zero-order valence-electron chi connectivity index (χ0n) is 6.40. The van der Waals surface area contributed by atoms with Crippen LogP contribution in [-0.4, -0.2) is 4.98 Å². The quantitative estimate of drug-likeness (QED) is 0.798. The smallest absolute Gasteiger partial charge is 0.160 e. The Morgan fingerprint density at radius 1 is 1.55 bits per heavy atom. The number of rotatable bonds is 2. The molecule has 0 aromatic carbocycles. The number of thiazole rings is 1. The van der Waals surface area contributed by atoms with Crippen molar-refractivity contribution >= 4 is 43.2 Å². The molecule has 0 aliphatic carbocycles. The van der Waals surface area contributed by atoms with E-state index in [0.29, 0.717) is 5.92 Å². The SMILES string of the molecule is CCC(C)c1nc(Br)sc1Br. The average Bonchev–Trinajstić information content (AvgIpc) is 2.28. The number of nitrogens with zero attached hydrogens (tertiary/aromatic N) is 1. The van der Waals surface area contributed by atoms with E-state index in [2.05, 4.69) is 50.7 Å². The highest BCUT2D eigenvalue weighted by Crippen LogP contribution is 2.33. The Hall–Kier alpha value is 0.590. The van der Waals surface area contributed by atoms with Gasteiger partial charge in [0.25, 0.3) is 0 Å². The Morgan fingerprint density at radius 3 is 2.55 bits per heavy atom. The molecule has 0 N–H and O–H groups in total. The van der Waals surface area contributed by atoms with Crippen LogP contribution in [0.25, 0.3) is 0 Å². The molecule has 0 radical (unpaired) electrons. The molecule has 1 unspecified atom stereocenters. The first-order valence-corrected chi connectivity index (χ1v) is 5.87. The van der Waals surface area contributed by atoms with Crippen LogP contribution in [-0.2, 0) is 0 Å². The van der Waals surface area contributed by atoms with Crippen LogP contribution in [0.4, 0.5) is 0 Å². The first-order valence-electron chi connectivity index (χ1n) is 3.46. The maximum atomic E-state index is 4.37. The molecule has 62 valence electrons. The summed E-state index contributed by atoms with van der Waals surface area (Å²) in [7, 11) is 0. The molecule has 0 aliphatic heterocycles. The van der Waals surface area contributed by atoms with Gasteiger partial charge in [0, 0.05) is 5.92 Å². The second-order valence-electron chi connectivity index (χ2n) is 2.44. The van der Waals surface area contributed by atoms with Gasteiger partial charge in [-0.25, -0.2) is 4.98 Å². The molecule has 0 saturated carbocycles. The first-order chi connectivity index (χ1) is 5.15. The summed E-state index contributed by atoms with van der Waals surface area (Å²) in [6.45, 7) is 4.36. The Labute approximate surface area is 87.5 Å². The highest BCUT2D eigenvalue weighted by atomic mass is 79.9. The van der Waals surface area contributed by atoms with Gasteiger partial charge in [-0.15, -0.1) is 0 Å². The van der Waals surface area contributed by atoms with Gasteiger partial charge >= 0.3 is 0 Å². The van der Waals surface area contributed by atoms with Crippen molar-refractivity contribution in [3.63, 3.8) is 0 Å². The lowest BCUT2D eigenvalue weighted by Crippen LogP contribution is -1.91. The standard InChI is InChI=1S/C7H9Br2NS/c1-3-4(2)5-6(8)11-7(9)10-5/h4H,3H2,1-2H3. The summed E-state index contributed by atoms with van der Waals surface area (Å²) in [6.07, 6.45) is 1.13. The number of aromatic nitrogens is 1. The normalized spacial score (nSPS) is 13.5. The van der Waals surface area contributed by atoms with Crippen LogP contribution in [0.1, 0.15) is 31.9 Å². The van der Waals surface area contributed by atoms with Crippen molar-refractivity contribution in [3.05, 3.63) is 13.4 Å². The summed E-state index contributed by atoms with van der Waals surface area (Å²) in [5, 5.41) is 0. The molecular weight excluding hydrogens is 290 g/mol. The van der Waals surface area contributed by atoms with E-state index in [-0.39, 0.29) is 0 Å². The van der Waals surface area contributed by atoms with Crippen LogP contribution in [0.5, 0.6) is 0 Å². The molecule has 0 amide bonds. The minimum absolute atomic E-state index is 0.548. The van der Waals surface area contributed by atoms with E-state index in [4.69, 9.17) is 0 Å². The lowest BCUT2D eigenvalue weighted by atomic mass is 10.1. The summed E-state index contributed by atoms with van der Waals surface area (Å²) in [5.74, 6) is 0.548. The summed E-state index contributed by atoms with van der Waals surface area (Å²) in [5.41, 5.74) is 1.17. The summed E-state index contributed by atoms with van der Waals surface area (Å²) in [6, 6.07) is 0. The molecule has 11 heavy (non-hydrogen) atoms. The van der Waals surface area contributed by atoms with Crippen LogP contribution in [0.3, 0.4) is 0 Å². The van der Waals surface area contributed by atoms with Crippen molar-refractivity contribution in [2.75, 3.05) is 0 Å².